The predicted molar refractivity (Wildman–Crippen MR) is 55.7 cm³/mol. The average molecular weight is 217 g/mol. The van der Waals surface area contributed by atoms with E-state index in [1.54, 1.807) is 24.3 Å². The van der Waals surface area contributed by atoms with Crippen LogP contribution in [-0.4, -0.2) is 15.5 Å². The van der Waals surface area contributed by atoms with E-state index in [-0.39, 0.29) is 5.56 Å². The Balaban J connectivity index is 2.70. The second-order valence-corrected chi connectivity index (χ2v) is 3.47. The molecule has 1 aromatic heterocycles. The third-order valence-electron chi connectivity index (χ3n) is 2.45. The third kappa shape index (κ3) is 1.56. The van der Waals surface area contributed by atoms with Crippen molar-refractivity contribution in [2.75, 3.05) is 0 Å². The second kappa shape index (κ2) is 3.77. The zero-order valence-corrected chi connectivity index (χ0v) is 8.58. The Morgan fingerprint density at radius 1 is 1.44 bits per heavy atom. The third-order valence-corrected chi connectivity index (χ3v) is 2.45. The molecule has 0 amide bonds. The van der Waals surface area contributed by atoms with Gasteiger partial charge in [0.25, 0.3) is 5.56 Å². The molecule has 0 fully saturated rings. The summed E-state index contributed by atoms with van der Waals surface area (Å²) < 4.78 is 1.05. The van der Waals surface area contributed by atoms with Crippen LogP contribution in [0.2, 0.25) is 0 Å². The summed E-state index contributed by atoms with van der Waals surface area (Å²) in [4.78, 5) is 26.6. The lowest BCUT2D eigenvalue weighted by molar-refractivity contribution is -0.309. The number of aliphatic carboxylic acids is 1. The van der Waals surface area contributed by atoms with Crippen molar-refractivity contribution in [1.29, 1.82) is 0 Å². The summed E-state index contributed by atoms with van der Waals surface area (Å²) in [6.45, 7) is 1.38. The molecule has 0 saturated carbocycles. The van der Waals surface area contributed by atoms with Crippen molar-refractivity contribution in [3.63, 3.8) is 0 Å². The van der Waals surface area contributed by atoms with Gasteiger partial charge < -0.3 is 9.90 Å². The number of benzene rings is 1. The summed E-state index contributed by atoms with van der Waals surface area (Å²) in [7, 11) is 0. The minimum atomic E-state index is -1.31. The average Bonchev–Trinajstić information content (AvgIpc) is 2.29. The first-order chi connectivity index (χ1) is 7.61. The number of nitrogens with zero attached hydrogens (tertiary/aromatic N) is 2. The number of carbonyl (C=O) groups is 1. The van der Waals surface area contributed by atoms with Gasteiger partial charge in [-0.2, -0.15) is 0 Å². The molecular formula is C11H9N2O3-. The highest BCUT2D eigenvalue weighted by Gasteiger charge is 2.09. The van der Waals surface area contributed by atoms with Gasteiger partial charge in [0.05, 0.1) is 29.2 Å². The van der Waals surface area contributed by atoms with Gasteiger partial charge >= 0.3 is 0 Å². The fourth-order valence-electron chi connectivity index (χ4n) is 1.47. The number of carbonyl (C=O) groups excluding carboxylic acids is 1. The summed E-state index contributed by atoms with van der Waals surface area (Å²) in [6, 6.07) is 5.76. The lowest BCUT2D eigenvalue weighted by Crippen LogP contribution is -2.36. The maximum absolute atomic E-state index is 11.9. The first-order valence-corrected chi connectivity index (χ1v) is 4.78. The molecule has 82 valence electrons. The smallest absolute Gasteiger partial charge is 0.261 e. The van der Waals surface area contributed by atoms with Crippen LogP contribution >= 0.6 is 0 Å². The van der Waals surface area contributed by atoms with Gasteiger partial charge in [0.1, 0.15) is 0 Å². The zero-order valence-electron chi connectivity index (χ0n) is 8.58. The molecule has 5 heteroatoms. The normalized spacial score (nSPS) is 12.6. The second-order valence-electron chi connectivity index (χ2n) is 3.47. The lowest BCUT2D eigenvalue weighted by atomic mass is 10.2. The van der Waals surface area contributed by atoms with Crippen LogP contribution in [0.15, 0.2) is 35.4 Å². The van der Waals surface area contributed by atoms with E-state index in [0.29, 0.717) is 10.9 Å². The Bertz CT molecular complexity index is 603. The number of hydrogen-bond donors (Lipinski definition) is 0. The van der Waals surface area contributed by atoms with Crippen molar-refractivity contribution in [3.8, 4) is 0 Å². The Morgan fingerprint density at radius 3 is 2.81 bits per heavy atom. The van der Waals surface area contributed by atoms with Gasteiger partial charge in [0, 0.05) is 0 Å². The van der Waals surface area contributed by atoms with Crippen LogP contribution in [0.3, 0.4) is 0 Å². The molecule has 0 bridgehead atoms. The molecule has 0 aliphatic carbocycles. The van der Waals surface area contributed by atoms with E-state index < -0.39 is 12.0 Å². The van der Waals surface area contributed by atoms with E-state index in [2.05, 4.69) is 4.98 Å². The number of carboxylic acid groups (broad SMARTS) is 1. The Labute approximate surface area is 91.0 Å². The van der Waals surface area contributed by atoms with Crippen molar-refractivity contribution in [2.24, 2.45) is 0 Å². The molecule has 0 saturated heterocycles. The van der Waals surface area contributed by atoms with E-state index in [9.17, 15) is 14.7 Å². The summed E-state index contributed by atoms with van der Waals surface area (Å²) in [6.07, 6.45) is 1.23. The van der Waals surface area contributed by atoms with Gasteiger partial charge in [-0.3, -0.25) is 9.36 Å². The van der Waals surface area contributed by atoms with Gasteiger partial charge in [-0.25, -0.2) is 4.98 Å². The maximum atomic E-state index is 11.9. The SMILES string of the molecule is C[C@@H](C(=O)[O-])n1cnc2ccccc2c1=O. The summed E-state index contributed by atoms with van der Waals surface area (Å²) in [5.41, 5.74) is 0.177. The molecule has 16 heavy (non-hydrogen) atoms. The van der Waals surface area contributed by atoms with Gasteiger partial charge in [-0.05, 0) is 19.1 Å². The molecule has 2 aromatic rings. The largest absolute Gasteiger partial charge is 0.548 e. The molecular weight excluding hydrogens is 208 g/mol. The molecule has 1 heterocycles. The predicted octanol–water partition coefficient (Wildman–Crippen LogP) is -0.293. The van der Waals surface area contributed by atoms with Crippen LogP contribution < -0.4 is 10.7 Å². The first-order valence-electron chi connectivity index (χ1n) is 4.78. The zero-order chi connectivity index (χ0) is 11.7. The van der Waals surface area contributed by atoms with E-state index in [0.717, 1.165) is 4.57 Å². The molecule has 0 spiro atoms. The molecule has 0 radical (unpaired) electrons. The first kappa shape index (κ1) is 10.4. The Kier molecular flexibility index (Phi) is 2.44. The molecule has 0 unspecified atom stereocenters. The minimum absolute atomic E-state index is 0.373. The van der Waals surface area contributed by atoms with Crippen LogP contribution in [0, 0.1) is 0 Å². The van der Waals surface area contributed by atoms with E-state index in [1.165, 1.54) is 13.3 Å². The highest BCUT2D eigenvalue weighted by Crippen LogP contribution is 2.07. The molecule has 2 rings (SSSR count). The number of rotatable bonds is 2. The lowest BCUT2D eigenvalue weighted by Gasteiger charge is -2.15. The Hall–Kier alpha value is -2.17. The number of carboxylic acids is 1. The maximum Gasteiger partial charge on any atom is 0.261 e. The summed E-state index contributed by atoms with van der Waals surface area (Å²) >= 11 is 0. The monoisotopic (exact) mass is 217 g/mol. The van der Waals surface area contributed by atoms with Crippen molar-refractivity contribution in [2.45, 2.75) is 13.0 Å². The molecule has 0 aliphatic heterocycles. The number of para-hydroxylation sites is 1. The van der Waals surface area contributed by atoms with Gasteiger partial charge in [0.2, 0.25) is 0 Å². The van der Waals surface area contributed by atoms with Crippen molar-refractivity contribution < 1.29 is 9.90 Å². The fraction of sp³-hybridized carbons (Fsp3) is 0.182. The van der Waals surface area contributed by atoms with Crippen LogP contribution in [-0.2, 0) is 4.79 Å². The summed E-state index contributed by atoms with van der Waals surface area (Å²) in [5, 5.41) is 11.1. The standard InChI is InChI=1S/C11H10N2O3/c1-7(11(15)16)13-6-12-9-5-3-2-4-8(9)10(13)14/h2-7H,1H3,(H,15,16)/p-1/t7-/m0/s1. The van der Waals surface area contributed by atoms with Crippen molar-refractivity contribution in [3.05, 3.63) is 40.9 Å². The molecule has 1 atom stereocenters. The van der Waals surface area contributed by atoms with Gasteiger partial charge in [-0.15, -0.1) is 0 Å². The highest BCUT2D eigenvalue weighted by atomic mass is 16.4. The fourth-order valence-corrected chi connectivity index (χ4v) is 1.47. The molecule has 0 aliphatic rings. The quantitative estimate of drug-likeness (QED) is 0.692. The van der Waals surface area contributed by atoms with E-state index in [1.807, 2.05) is 0 Å². The number of hydrogen-bond acceptors (Lipinski definition) is 4. The van der Waals surface area contributed by atoms with Gasteiger partial charge in [0.15, 0.2) is 0 Å². The van der Waals surface area contributed by atoms with E-state index in [4.69, 9.17) is 0 Å². The van der Waals surface area contributed by atoms with Crippen molar-refractivity contribution in [1.82, 2.24) is 9.55 Å². The van der Waals surface area contributed by atoms with Crippen LogP contribution in [0.5, 0.6) is 0 Å². The van der Waals surface area contributed by atoms with Crippen LogP contribution in [0.4, 0.5) is 0 Å². The highest BCUT2D eigenvalue weighted by molar-refractivity contribution is 5.77. The molecule has 1 aromatic carbocycles. The van der Waals surface area contributed by atoms with Crippen LogP contribution in [0.1, 0.15) is 13.0 Å². The van der Waals surface area contributed by atoms with Crippen molar-refractivity contribution >= 4 is 16.9 Å². The number of fused-ring (bicyclic) bond motifs is 1. The van der Waals surface area contributed by atoms with Crippen LogP contribution in [0.25, 0.3) is 10.9 Å². The molecule has 0 N–H and O–H groups in total. The Morgan fingerprint density at radius 2 is 2.12 bits per heavy atom. The van der Waals surface area contributed by atoms with Gasteiger partial charge in [-0.1, -0.05) is 12.1 Å². The number of aromatic nitrogens is 2. The molecule has 5 nitrogen and oxygen atoms in total. The topological polar surface area (TPSA) is 75.0 Å². The summed E-state index contributed by atoms with van der Waals surface area (Å²) in [5.74, 6) is -1.31. The van der Waals surface area contributed by atoms with E-state index >= 15 is 0 Å². The minimum Gasteiger partial charge on any atom is -0.548 e.